The molecule has 18 heavy (non-hydrogen) atoms. The first-order chi connectivity index (χ1) is 8.84. The maximum Gasteiger partial charge on any atom is 0.123 e. The highest BCUT2D eigenvalue weighted by Gasteiger charge is 1.91. The number of halogens is 1. The van der Waals surface area contributed by atoms with E-state index in [-0.39, 0.29) is 5.82 Å². The number of hydrogen-bond donors (Lipinski definition) is 0. The van der Waals surface area contributed by atoms with Crippen molar-refractivity contribution in [3.63, 3.8) is 0 Å². The molecule has 0 heterocycles. The Labute approximate surface area is 108 Å². The molecule has 2 rings (SSSR count). The van der Waals surface area contributed by atoms with Gasteiger partial charge in [0.25, 0.3) is 0 Å². The van der Waals surface area contributed by atoms with Crippen LogP contribution in [0.3, 0.4) is 0 Å². The minimum absolute atomic E-state index is 0.174. The van der Waals surface area contributed by atoms with Crippen molar-refractivity contribution in [2.24, 2.45) is 0 Å². The Bertz CT molecular complexity index is 483. The normalized spacial score (nSPS) is 10.9. The summed E-state index contributed by atoms with van der Waals surface area (Å²) < 4.78 is 12.7. The predicted octanol–water partition coefficient (Wildman–Crippen LogP) is 4.56. The van der Waals surface area contributed by atoms with Gasteiger partial charge in [0.05, 0.1) is 0 Å². The van der Waals surface area contributed by atoms with Gasteiger partial charge in [-0.25, -0.2) is 4.39 Å². The van der Waals surface area contributed by atoms with Crippen molar-refractivity contribution in [1.29, 1.82) is 0 Å². The van der Waals surface area contributed by atoms with Gasteiger partial charge in [-0.1, -0.05) is 54.6 Å². The third-order valence-electron chi connectivity index (χ3n) is 2.88. The van der Waals surface area contributed by atoms with Gasteiger partial charge in [0.1, 0.15) is 5.82 Å². The van der Waals surface area contributed by atoms with Crippen LogP contribution in [0.25, 0.3) is 0 Å². The van der Waals surface area contributed by atoms with Crippen molar-refractivity contribution in [2.45, 2.75) is 19.3 Å². The van der Waals surface area contributed by atoms with E-state index in [9.17, 15) is 4.39 Å². The zero-order chi connectivity index (χ0) is 12.6. The van der Waals surface area contributed by atoms with Crippen LogP contribution in [0.1, 0.15) is 17.5 Å². The lowest BCUT2D eigenvalue weighted by atomic mass is 10.1. The molecule has 0 unspecified atom stereocenters. The van der Waals surface area contributed by atoms with Gasteiger partial charge in [0.15, 0.2) is 0 Å². The minimum Gasteiger partial charge on any atom is -0.207 e. The molecule has 0 aliphatic rings. The van der Waals surface area contributed by atoms with Crippen molar-refractivity contribution in [3.8, 4) is 0 Å². The Balaban J connectivity index is 1.74. The molecule has 0 nitrogen and oxygen atoms in total. The van der Waals surface area contributed by atoms with Crippen LogP contribution in [0.2, 0.25) is 0 Å². The Morgan fingerprint density at radius 2 is 1.50 bits per heavy atom. The Kier molecular flexibility index (Phi) is 4.71. The fourth-order valence-corrected chi connectivity index (χ4v) is 1.85. The summed E-state index contributed by atoms with van der Waals surface area (Å²) in [6, 6.07) is 17.1. The van der Waals surface area contributed by atoms with Crippen LogP contribution >= 0.6 is 0 Å². The summed E-state index contributed by atoms with van der Waals surface area (Å²) in [5.74, 6) is -0.174. The average molecular weight is 240 g/mol. The summed E-state index contributed by atoms with van der Waals surface area (Å²) in [4.78, 5) is 0. The molecular weight excluding hydrogens is 223 g/mol. The molecule has 1 heteroatoms. The molecule has 0 aromatic heterocycles. The Morgan fingerprint density at radius 1 is 0.778 bits per heavy atom. The van der Waals surface area contributed by atoms with E-state index in [1.54, 1.807) is 0 Å². The number of rotatable bonds is 5. The molecule has 0 N–H and O–H groups in total. The highest BCUT2D eigenvalue weighted by atomic mass is 19.1. The molecule has 92 valence electrons. The number of hydrogen-bond acceptors (Lipinski definition) is 0. The maximum absolute atomic E-state index is 12.7. The standard InChI is InChI=1S/C17H17F/c18-17-13-11-16(12-14-17)10-6-2-5-9-15-7-3-1-4-8-15/h1-4,6-8,11-14H,5,9-10H2/b6-2+. The second-order valence-corrected chi connectivity index (χ2v) is 4.33. The van der Waals surface area contributed by atoms with Crippen molar-refractivity contribution >= 4 is 0 Å². The van der Waals surface area contributed by atoms with Crippen LogP contribution in [0.5, 0.6) is 0 Å². The van der Waals surface area contributed by atoms with Gasteiger partial charge in [0, 0.05) is 0 Å². The average Bonchev–Trinajstić information content (AvgIpc) is 2.42. The van der Waals surface area contributed by atoms with Crippen molar-refractivity contribution < 1.29 is 4.39 Å². The molecule has 0 aliphatic carbocycles. The zero-order valence-corrected chi connectivity index (χ0v) is 10.4. The predicted molar refractivity (Wildman–Crippen MR) is 74.0 cm³/mol. The largest absolute Gasteiger partial charge is 0.207 e. The second-order valence-electron chi connectivity index (χ2n) is 4.33. The first kappa shape index (κ1) is 12.6. The van der Waals surface area contributed by atoms with Gasteiger partial charge in [-0.05, 0) is 42.5 Å². The number of allylic oxidation sites excluding steroid dienone is 2. The molecule has 0 bridgehead atoms. The fourth-order valence-electron chi connectivity index (χ4n) is 1.85. The molecule has 0 atom stereocenters. The fraction of sp³-hybridized carbons (Fsp3) is 0.176. The summed E-state index contributed by atoms with van der Waals surface area (Å²) >= 11 is 0. The van der Waals surface area contributed by atoms with Crippen LogP contribution in [0.15, 0.2) is 66.7 Å². The van der Waals surface area contributed by atoms with Gasteiger partial charge < -0.3 is 0 Å². The topological polar surface area (TPSA) is 0 Å². The van der Waals surface area contributed by atoms with Gasteiger partial charge >= 0.3 is 0 Å². The molecule has 2 aromatic carbocycles. The zero-order valence-electron chi connectivity index (χ0n) is 10.4. The van der Waals surface area contributed by atoms with E-state index in [4.69, 9.17) is 0 Å². The number of aryl methyl sites for hydroxylation is 1. The third kappa shape index (κ3) is 4.17. The monoisotopic (exact) mass is 240 g/mol. The molecule has 0 fully saturated rings. The third-order valence-corrected chi connectivity index (χ3v) is 2.88. The van der Waals surface area contributed by atoms with Gasteiger partial charge in [-0.15, -0.1) is 0 Å². The minimum atomic E-state index is -0.174. The molecule has 0 saturated carbocycles. The molecular formula is C17H17F. The lowest BCUT2D eigenvalue weighted by molar-refractivity contribution is 0.627. The van der Waals surface area contributed by atoms with Crippen LogP contribution in [0.4, 0.5) is 4.39 Å². The SMILES string of the molecule is Fc1ccc(C/C=C/CCc2ccccc2)cc1. The molecule has 0 spiro atoms. The highest BCUT2D eigenvalue weighted by Crippen LogP contribution is 2.06. The molecule has 2 aromatic rings. The summed E-state index contributed by atoms with van der Waals surface area (Å²) in [7, 11) is 0. The van der Waals surface area contributed by atoms with Gasteiger partial charge in [0.2, 0.25) is 0 Å². The van der Waals surface area contributed by atoms with Crippen LogP contribution in [-0.4, -0.2) is 0 Å². The first-order valence-corrected chi connectivity index (χ1v) is 6.28. The van der Waals surface area contributed by atoms with E-state index in [0.717, 1.165) is 24.8 Å². The van der Waals surface area contributed by atoms with Crippen molar-refractivity contribution in [1.82, 2.24) is 0 Å². The lowest BCUT2D eigenvalue weighted by Gasteiger charge is -1.97. The molecule has 0 radical (unpaired) electrons. The van der Waals surface area contributed by atoms with E-state index in [2.05, 4.69) is 36.4 Å². The Morgan fingerprint density at radius 3 is 2.22 bits per heavy atom. The summed E-state index contributed by atoms with van der Waals surface area (Å²) in [5.41, 5.74) is 2.51. The summed E-state index contributed by atoms with van der Waals surface area (Å²) in [6.45, 7) is 0. The van der Waals surface area contributed by atoms with E-state index < -0.39 is 0 Å². The van der Waals surface area contributed by atoms with Crippen LogP contribution < -0.4 is 0 Å². The molecule has 0 aliphatic heterocycles. The quantitative estimate of drug-likeness (QED) is 0.672. The van der Waals surface area contributed by atoms with Crippen LogP contribution in [-0.2, 0) is 12.8 Å². The van der Waals surface area contributed by atoms with E-state index >= 15 is 0 Å². The van der Waals surface area contributed by atoms with Crippen LogP contribution in [0, 0.1) is 5.82 Å². The van der Waals surface area contributed by atoms with E-state index in [1.165, 1.54) is 17.7 Å². The maximum atomic E-state index is 12.7. The summed E-state index contributed by atoms with van der Waals surface area (Å²) in [6.07, 6.45) is 7.33. The first-order valence-electron chi connectivity index (χ1n) is 6.28. The van der Waals surface area contributed by atoms with E-state index in [1.807, 2.05) is 18.2 Å². The Hall–Kier alpha value is -1.89. The smallest absolute Gasteiger partial charge is 0.123 e. The van der Waals surface area contributed by atoms with Crippen molar-refractivity contribution in [3.05, 3.63) is 83.7 Å². The van der Waals surface area contributed by atoms with Gasteiger partial charge in [-0.3, -0.25) is 0 Å². The molecule has 0 amide bonds. The highest BCUT2D eigenvalue weighted by molar-refractivity contribution is 5.19. The molecule has 0 saturated heterocycles. The van der Waals surface area contributed by atoms with E-state index in [0.29, 0.717) is 0 Å². The van der Waals surface area contributed by atoms with Crippen molar-refractivity contribution in [2.75, 3.05) is 0 Å². The second kappa shape index (κ2) is 6.75. The number of benzene rings is 2. The summed E-state index contributed by atoms with van der Waals surface area (Å²) in [5, 5.41) is 0. The lowest BCUT2D eigenvalue weighted by Crippen LogP contribution is -1.83. The van der Waals surface area contributed by atoms with Gasteiger partial charge in [-0.2, -0.15) is 0 Å².